The Labute approximate surface area is 106 Å². The zero-order valence-corrected chi connectivity index (χ0v) is 10.1. The van der Waals surface area contributed by atoms with Crippen LogP contribution in [-0.4, -0.2) is 21.9 Å². The summed E-state index contributed by atoms with van der Waals surface area (Å²) in [7, 11) is 0. The number of rotatable bonds is 3. The van der Waals surface area contributed by atoms with Crippen molar-refractivity contribution in [3.8, 4) is 0 Å². The maximum atomic E-state index is 10.9. The van der Waals surface area contributed by atoms with E-state index in [1.165, 1.54) is 12.1 Å². The Bertz CT molecular complexity index is 625. The van der Waals surface area contributed by atoms with E-state index in [4.69, 9.17) is 0 Å². The number of hydrogen-bond acceptors (Lipinski definition) is 6. The van der Waals surface area contributed by atoms with Crippen LogP contribution in [0.25, 0.3) is 10.1 Å². The zero-order valence-electron chi connectivity index (χ0n) is 9.32. The van der Waals surface area contributed by atoms with Gasteiger partial charge in [0.25, 0.3) is 5.69 Å². The van der Waals surface area contributed by atoms with Gasteiger partial charge in [-0.3, -0.25) is 10.1 Å². The lowest BCUT2D eigenvalue weighted by atomic mass is 10.2. The van der Waals surface area contributed by atoms with Gasteiger partial charge in [-0.2, -0.15) is 4.37 Å². The molecule has 1 aromatic carbocycles. The molecule has 0 spiro atoms. The highest BCUT2D eigenvalue weighted by molar-refractivity contribution is 7.13. The normalized spacial score (nSPS) is 10.5. The van der Waals surface area contributed by atoms with E-state index < -0.39 is 11.0 Å². The molecule has 1 aromatic heterocycles. The van der Waals surface area contributed by atoms with Crippen LogP contribution in [0, 0.1) is 10.1 Å². The van der Waals surface area contributed by atoms with E-state index >= 15 is 0 Å². The van der Waals surface area contributed by atoms with Crippen molar-refractivity contribution in [3.05, 3.63) is 28.3 Å². The third kappa shape index (κ3) is 1.97. The summed E-state index contributed by atoms with van der Waals surface area (Å²) in [5, 5.41) is 22.1. The van der Waals surface area contributed by atoms with Gasteiger partial charge in [0.15, 0.2) is 5.82 Å². The topological polar surface area (TPSA) is 99.4 Å². The highest BCUT2D eigenvalue weighted by atomic mass is 32.1. The van der Waals surface area contributed by atoms with Crippen LogP contribution >= 0.6 is 11.5 Å². The summed E-state index contributed by atoms with van der Waals surface area (Å²) in [4.78, 5) is 22.0. The smallest absolute Gasteiger partial charge is 0.270 e. The summed E-state index contributed by atoms with van der Waals surface area (Å²) in [6.45, 7) is 1.81. The molecular formula is C10H8N3O4S-. The number of non-ortho nitro benzene ring substituents is 1. The first-order valence-electron chi connectivity index (χ1n) is 5.07. The molecule has 0 fully saturated rings. The first kappa shape index (κ1) is 12.2. The predicted molar refractivity (Wildman–Crippen MR) is 64.7 cm³/mol. The maximum absolute atomic E-state index is 10.9. The van der Waals surface area contributed by atoms with Crippen molar-refractivity contribution in [2.45, 2.75) is 6.92 Å². The summed E-state index contributed by atoms with van der Waals surface area (Å²) >= 11 is 1.09. The number of nitro groups is 1. The minimum absolute atomic E-state index is 0.0987. The lowest BCUT2D eigenvalue weighted by molar-refractivity contribution is -0.384. The van der Waals surface area contributed by atoms with Crippen LogP contribution in [0.4, 0.5) is 16.3 Å². The molecule has 0 saturated carbocycles. The van der Waals surface area contributed by atoms with Crippen molar-refractivity contribution in [1.29, 1.82) is 0 Å². The van der Waals surface area contributed by atoms with Crippen molar-refractivity contribution in [1.82, 2.24) is 4.37 Å². The molecule has 0 aliphatic carbocycles. The van der Waals surface area contributed by atoms with Crippen molar-refractivity contribution < 1.29 is 14.8 Å². The molecule has 0 unspecified atom stereocenters. The van der Waals surface area contributed by atoms with E-state index in [0.29, 0.717) is 10.1 Å². The lowest BCUT2D eigenvalue weighted by Gasteiger charge is -2.20. The fourth-order valence-corrected chi connectivity index (χ4v) is 2.35. The second-order valence-electron chi connectivity index (χ2n) is 3.45. The Hall–Kier alpha value is -2.22. The van der Waals surface area contributed by atoms with Gasteiger partial charge in [0.1, 0.15) is 6.09 Å². The Balaban J connectivity index is 2.61. The van der Waals surface area contributed by atoms with Gasteiger partial charge in [0.2, 0.25) is 0 Å². The minimum atomic E-state index is -1.38. The monoisotopic (exact) mass is 266 g/mol. The summed E-state index contributed by atoms with van der Waals surface area (Å²) in [5.74, 6) is 0.182. The standard InChI is InChI=1S/C10H9N3O4S/c1-2-12(10(14)15)9-7-5-6(13(16)17)3-4-8(7)18-11-9/h3-5H,2H2,1H3,(H,14,15)/p-1. The van der Waals surface area contributed by atoms with Gasteiger partial charge in [-0.25, -0.2) is 0 Å². The molecule has 2 aromatic rings. The third-order valence-corrected chi connectivity index (χ3v) is 3.25. The second kappa shape index (κ2) is 4.57. The molecule has 0 aliphatic rings. The molecule has 18 heavy (non-hydrogen) atoms. The van der Waals surface area contributed by atoms with Gasteiger partial charge in [0, 0.05) is 24.1 Å². The Morgan fingerprint density at radius 2 is 2.28 bits per heavy atom. The number of carbonyl (C=O) groups is 1. The highest BCUT2D eigenvalue weighted by Gasteiger charge is 2.16. The Morgan fingerprint density at radius 3 is 2.83 bits per heavy atom. The molecule has 1 amide bonds. The quantitative estimate of drug-likeness (QED) is 0.617. The summed E-state index contributed by atoms with van der Waals surface area (Å²) in [6, 6.07) is 4.23. The van der Waals surface area contributed by atoms with Crippen LogP contribution in [0.15, 0.2) is 18.2 Å². The first-order valence-corrected chi connectivity index (χ1v) is 5.84. The Morgan fingerprint density at radius 1 is 1.56 bits per heavy atom. The first-order chi connectivity index (χ1) is 8.54. The molecule has 1 heterocycles. The minimum Gasteiger partial charge on any atom is -0.530 e. The number of carboxylic acid groups (broad SMARTS) is 1. The number of hydrogen-bond donors (Lipinski definition) is 0. The molecule has 0 atom stereocenters. The number of aromatic nitrogens is 1. The van der Waals surface area contributed by atoms with Crippen molar-refractivity contribution in [2.24, 2.45) is 0 Å². The van der Waals surface area contributed by atoms with Crippen molar-refractivity contribution in [3.63, 3.8) is 0 Å². The molecule has 0 bridgehead atoms. The van der Waals surface area contributed by atoms with E-state index in [2.05, 4.69) is 4.37 Å². The molecule has 7 nitrogen and oxygen atoms in total. The highest BCUT2D eigenvalue weighted by Crippen LogP contribution is 2.32. The largest absolute Gasteiger partial charge is 0.530 e. The van der Waals surface area contributed by atoms with Crippen molar-refractivity contribution >= 4 is 39.2 Å². The lowest BCUT2D eigenvalue weighted by Crippen LogP contribution is -2.41. The summed E-state index contributed by atoms with van der Waals surface area (Å²) in [6.07, 6.45) is -1.38. The van der Waals surface area contributed by atoms with Gasteiger partial charge < -0.3 is 14.8 Å². The third-order valence-electron chi connectivity index (χ3n) is 2.44. The number of nitrogens with zero attached hydrogens (tertiary/aromatic N) is 3. The van der Waals surface area contributed by atoms with Gasteiger partial charge in [-0.05, 0) is 24.5 Å². The van der Waals surface area contributed by atoms with Crippen LogP contribution in [0.3, 0.4) is 0 Å². The van der Waals surface area contributed by atoms with E-state index in [1.54, 1.807) is 13.0 Å². The summed E-state index contributed by atoms with van der Waals surface area (Å²) < 4.78 is 4.70. The second-order valence-corrected chi connectivity index (χ2v) is 4.26. The molecule has 2 rings (SSSR count). The number of nitro benzene ring substituents is 1. The van der Waals surface area contributed by atoms with Crippen LogP contribution in [0.5, 0.6) is 0 Å². The number of benzene rings is 1. The molecular weight excluding hydrogens is 258 g/mol. The van der Waals surface area contributed by atoms with Crippen LogP contribution < -0.4 is 10.0 Å². The van der Waals surface area contributed by atoms with E-state index in [1.807, 2.05) is 0 Å². The molecule has 94 valence electrons. The van der Waals surface area contributed by atoms with Gasteiger partial charge >= 0.3 is 0 Å². The summed E-state index contributed by atoms with van der Waals surface area (Å²) in [5.41, 5.74) is -0.0987. The number of anilines is 1. The zero-order chi connectivity index (χ0) is 13.3. The number of amides is 1. The van der Waals surface area contributed by atoms with Gasteiger partial charge in [0.05, 0.1) is 9.62 Å². The van der Waals surface area contributed by atoms with E-state index in [0.717, 1.165) is 16.4 Å². The van der Waals surface area contributed by atoms with Gasteiger partial charge in [-0.15, -0.1) is 0 Å². The molecule has 0 radical (unpaired) electrons. The van der Waals surface area contributed by atoms with Gasteiger partial charge in [-0.1, -0.05) is 0 Å². The average Bonchev–Trinajstić information content (AvgIpc) is 2.73. The molecule has 0 aliphatic heterocycles. The van der Waals surface area contributed by atoms with Crippen LogP contribution in [-0.2, 0) is 0 Å². The van der Waals surface area contributed by atoms with Crippen LogP contribution in [0.1, 0.15) is 6.92 Å². The van der Waals surface area contributed by atoms with E-state index in [-0.39, 0.29) is 18.1 Å². The predicted octanol–water partition coefficient (Wildman–Crippen LogP) is 1.37. The van der Waals surface area contributed by atoms with E-state index in [9.17, 15) is 20.0 Å². The SMILES string of the molecule is CCN(C(=O)[O-])c1nsc2ccc([N+](=O)[O-])cc12. The molecule has 0 N–H and O–H groups in total. The number of fused-ring (bicyclic) bond motifs is 1. The van der Waals surface area contributed by atoms with Crippen LogP contribution in [0.2, 0.25) is 0 Å². The maximum Gasteiger partial charge on any atom is 0.270 e. The molecule has 0 saturated heterocycles. The Kier molecular flexibility index (Phi) is 3.11. The fraction of sp³-hybridized carbons (Fsp3) is 0.200. The average molecular weight is 266 g/mol. The number of carbonyl (C=O) groups excluding carboxylic acids is 1. The molecule has 8 heteroatoms. The van der Waals surface area contributed by atoms with Crippen molar-refractivity contribution in [2.75, 3.05) is 11.4 Å². The fourth-order valence-electron chi connectivity index (χ4n) is 1.59.